The summed E-state index contributed by atoms with van der Waals surface area (Å²) in [7, 11) is -2.21. The van der Waals surface area contributed by atoms with Crippen LogP contribution in [0.5, 0.6) is 5.75 Å². The molecule has 0 aliphatic rings. The third-order valence-corrected chi connectivity index (χ3v) is 8.08. The van der Waals surface area contributed by atoms with Crippen molar-refractivity contribution in [2.45, 2.75) is 52.2 Å². The van der Waals surface area contributed by atoms with Crippen LogP contribution in [0.3, 0.4) is 0 Å². The van der Waals surface area contributed by atoms with Crippen LogP contribution in [-0.2, 0) is 9.22 Å². The van der Waals surface area contributed by atoms with Gasteiger partial charge in [-0.2, -0.15) is 0 Å². The van der Waals surface area contributed by atoms with E-state index in [1.807, 2.05) is 13.1 Å². The van der Waals surface area contributed by atoms with E-state index < -0.39 is 14.3 Å². The molecule has 0 spiro atoms. The largest absolute Gasteiger partial charge is 0.516 e. The first-order chi connectivity index (χ1) is 9.58. The summed E-state index contributed by atoms with van der Waals surface area (Å²) in [5, 5.41) is -0.0717. The summed E-state index contributed by atoms with van der Waals surface area (Å²) in [4.78, 5) is 23.9. The van der Waals surface area contributed by atoms with Gasteiger partial charge >= 0.3 is 11.9 Å². The third kappa shape index (κ3) is 4.42. The smallest absolute Gasteiger partial charge is 0.328 e. The molecule has 1 rings (SSSR count). The van der Waals surface area contributed by atoms with Gasteiger partial charge in [-0.05, 0) is 30.3 Å². The lowest BCUT2D eigenvalue weighted by Gasteiger charge is -2.35. The summed E-state index contributed by atoms with van der Waals surface area (Å²) in [6.45, 7) is 11.9. The number of hydrogen-bond acceptors (Lipinski definition) is 4. The van der Waals surface area contributed by atoms with E-state index in [1.165, 1.54) is 0 Å². The number of ether oxygens (including phenoxy) is 1. The van der Waals surface area contributed by atoms with Crippen molar-refractivity contribution < 1.29 is 18.8 Å². The molecule has 5 heteroatoms. The number of rotatable bonds is 4. The molecule has 0 aliphatic carbocycles. The number of esters is 1. The molecule has 0 unspecified atom stereocenters. The second kappa shape index (κ2) is 6.43. The second-order valence-corrected chi connectivity index (χ2v) is 11.2. The summed E-state index contributed by atoms with van der Waals surface area (Å²) >= 11 is 0. The van der Waals surface area contributed by atoms with E-state index in [9.17, 15) is 9.59 Å². The Labute approximate surface area is 127 Å². The molecule has 0 atom stereocenters. The van der Waals surface area contributed by atoms with Crippen LogP contribution < -0.4 is 4.74 Å². The maximum atomic E-state index is 12.4. The molecule has 4 nitrogen and oxygen atoms in total. The van der Waals surface area contributed by atoms with Crippen LogP contribution in [0, 0.1) is 0 Å². The van der Waals surface area contributed by atoms with Crippen LogP contribution in [-0.4, -0.2) is 20.3 Å². The average molecular weight is 308 g/mol. The summed E-state index contributed by atoms with van der Waals surface area (Å²) in [5.74, 6) is -0.545. The number of para-hydroxylation sites is 1. The molecule has 0 N–H and O–H groups in total. The molecule has 0 saturated heterocycles. The van der Waals surface area contributed by atoms with Crippen LogP contribution in [0.4, 0.5) is 0 Å². The molecule has 0 saturated carbocycles. The lowest BCUT2D eigenvalue weighted by atomic mass is 10.2. The molecule has 1 aromatic carbocycles. The minimum atomic E-state index is -2.21. The van der Waals surface area contributed by atoms with Gasteiger partial charge in [0.15, 0.2) is 0 Å². The van der Waals surface area contributed by atoms with Gasteiger partial charge in [-0.25, -0.2) is 4.79 Å². The van der Waals surface area contributed by atoms with Crippen molar-refractivity contribution in [1.29, 1.82) is 0 Å². The topological polar surface area (TPSA) is 52.6 Å². The molecule has 21 heavy (non-hydrogen) atoms. The number of carbonyl (C=O) groups is 2. The second-order valence-electron chi connectivity index (χ2n) is 6.47. The quantitative estimate of drug-likeness (QED) is 0.476. The van der Waals surface area contributed by atoms with Gasteiger partial charge in [0.2, 0.25) is 0 Å². The van der Waals surface area contributed by atoms with E-state index in [-0.39, 0.29) is 23.2 Å². The summed E-state index contributed by atoms with van der Waals surface area (Å²) in [6, 6.07) is 6.68. The predicted molar refractivity (Wildman–Crippen MR) is 85.0 cm³/mol. The minimum absolute atomic E-state index is 0.0717. The van der Waals surface area contributed by atoms with E-state index in [0.717, 1.165) is 0 Å². The highest BCUT2D eigenvalue weighted by molar-refractivity contribution is 6.75. The zero-order valence-electron chi connectivity index (χ0n) is 13.6. The van der Waals surface area contributed by atoms with E-state index in [1.54, 1.807) is 31.2 Å². The van der Waals surface area contributed by atoms with Crippen molar-refractivity contribution in [3.63, 3.8) is 0 Å². The van der Waals surface area contributed by atoms with E-state index in [0.29, 0.717) is 5.56 Å². The SMILES string of the molecule is CCC(=O)Oc1ccccc1C(=O)O[Si](C)(C)C(C)(C)C. The van der Waals surface area contributed by atoms with Crippen molar-refractivity contribution in [2.24, 2.45) is 0 Å². The van der Waals surface area contributed by atoms with Crippen LogP contribution in [0.1, 0.15) is 44.5 Å². The first-order valence-electron chi connectivity index (χ1n) is 7.11. The van der Waals surface area contributed by atoms with Gasteiger partial charge in [0.1, 0.15) is 11.3 Å². The lowest BCUT2D eigenvalue weighted by Crippen LogP contribution is -2.42. The van der Waals surface area contributed by atoms with Crippen molar-refractivity contribution in [3.8, 4) is 5.75 Å². The van der Waals surface area contributed by atoms with Crippen LogP contribution in [0.25, 0.3) is 0 Å². The van der Waals surface area contributed by atoms with Gasteiger partial charge in [0.25, 0.3) is 8.32 Å². The fourth-order valence-corrected chi connectivity index (χ4v) is 2.24. The summed E-state index contributed by atoms with van der Waals surface area (Å²) < 4.78 is 10.9. The molecule has 0 radical (unpaired) electrons. The monoisotopic (exact) mass is 308 g/mol. The molecule has 1 aromatic rings. The normalized spacial score (nSPS) is 11.9. The van der Waals surface area contributed by atoms with Gasteiger partial charge in [-0.15, -0.1) is 0 Å². The molecule has 0 aliphatic heterocycles. The number of carbonyl (C=O) groups excluding carboxylic acids is 2. The Kier molecular flexibility index (Phi) is 5.34. The molecular weight excluding hydrogens is 284 g/mol. The van der Waals surface area contributed by atoms with Crippen LogP contribution in [0.2, 0.25) is 18.1 Å². The predicted octanol–water partition coefficient (Wildman–Crippen LogP) is 4.16. The fraction of sp³-hybridized carbons (Fsp3) is 0.500. The Morgan fingerprint density at radius 1 is 1.14 bits per heavy atom. The maximum absolute atomic E-state index is 12.4. The van der Waals surface area contributed by atoms with Gasteiger partial charge in [0, 0.05) is 6.42 Å². The molecule has 0 aromatic heterocycles. The molecule has 116 valence electrons. The number of benzene rings is 1. The Bertz CT molecular complexity index is 529. The van der Waals surface area contributed by atoms with Crippen molar-refractivity contribution in [1.82, 2.24) is 0 Å². The average Bonchev–Trinajstić information content (AvgIpc) is 2.37. The number of hydrogen-bond donors (Lipinski definition) is 0. The minimum Gasteiger partial charge on any atom is -0.516 e. The Hall–Kier alpha value is -1.62. The van der Waals surface area contributed by atoms with Gasteiger partial charge in [-0.1, -0.05) is 39.8 Å². The molecule has 0 bridgehead atoms. The van der Waals surface area contributed by atoms with E-state index in [2.05, 4.69) is 20.8 Å². The molecular formula is C16H24O4Si. The van der Waals surface area contributed by atoms with Gasteiger partial charge in [0.05, 0.1) is 0 Å². The van der Waals surface area contributed by atoms with E-state index in [4.69, 9.17) is 9.16 Å². The molecule has 0 fully saturated rings. The molecule has 0 amide bonds. The Morgan fingerprint density at radius 3 is 2.24 bits per heavy atom. The standard InChI is InChI=1S/C16H24O4Si/c1-7-14(17)19-13-11-9-8-10-12(13)15(18)20-21(5,6)16(2,3)4/h8-11H,7H2,1-6H3. The third-order valence-electron chi connectivity index (χ3n) is 3.77. The fourth-order valence-electron chi connectivity index (χ4n) is 1.36. The first kappa shape index (κ1) is 17.4. The Morgan fingerprint density at radius 2 is 1.71 bits per heavy atom. The van der Waals surface area contributed by atoms with Crippen molar-refractivity contribution in [2.75, 3.05) is 0 Å². The molecule has 0 heterocycles. The summed E-state index contributed by atoms with van der Waals surface area (Å²) in [5.41, 5.74) is 0.295. The van der Waals surface area contributed by atoms with Gasteiger partial charge in [-0.3, -0.25) is 4.79 Å². The lowest BCUT2D eigenvalue weighted by molar-refractivity contribution is -0.134. The van der Waals surface area contributed by atoms with Gasteiger partial charge < -0.3 is 9.16 Å². The van der Waals surface area contributed by atoms with Crippen LogP contribution in [0.15, 0.2) is 24.3 Å². The highest BCUT2D eigenvalue weighted by Gasteiger charge is 2.41. The summed E-state index contributed by atoms with van der Waals surface area (Å²) in [6.07, 6.45) is 0.256. The van der Waals surface area contributed by atoms with E-state index >= 15 is 0 Å². The Balaban J connectivity index is 3.01. The highest BCUT2D eigenvalue weighted by atomic mass is 28.4. The van der Waals surface area contributed by atoms with Crippen molar-refractivity contribution >= 4 is 20.3 Å². The van der Waals surface area contributed by atoms with Crippen molar-refractivity contribution in [3.05, 3.63) is 29.8 Å². The first-order valence-corrected chi connectivity index (χ1v) is 10.0. The maximum Gasteiger partial charge on any atom is 0.328 e. The highest BCUT2D eigenvalue weighted by Crippen LogP contribution is 2.37. The van der Waals surface area contributed by atoms with Crippen LogP contribution >= 0.6 is 0 Å². The zero-order valence-corrected chi connectivity index (χ0v) is 14.6. The zero-order chi connectivity index (χ0) is 16.3.